The summed E-state index contributed by atoms with van der Waals surface area (Å²) in [5, 5.41) is 5.20. The van der Waals surface area contributed by atoms with Gasteiger partial charge in [0.1, 0.15) is 0 Å². The molecule has 0 amide bonds. The molecule has 0 N–H and O–H groups in total. The van der Waals surface area contributed by atoms with Crippen LogP contribution in [0.2, 0.25) is 0 Å². The lowest BCUT2D eigenvalue weighted by atomic mass is 9.83. The molecule has 204 valence electrons. The first kappa shape index (κ1) is 25.4. The Kier molecular flexibility index (Phi) is 6.23. The molecule has 7 aromatic rings. The van der Waals surface area contributed by atoms with Crippen LogP contribution in [0.4, 0.5) is 0 Å². The van der Waals surface area contributed by atoms with Crippen LogP contribution >= 0.6 is 0 Å². The van der Waals surface area contributed by atoms with E-state index in [1.807, 2.05) is 18.5 Å². The zero-order chi connectivity index (χ0) is 28.8. The van der Waals surface area contributed by atoms with E-state index in [4.69, 9.17) is 0 Å². The quantitative estimate of drug-likeness (QED) is 0.199. The normalized spacial score (nSPS) is 12.7. The van der Waals surface area contributed by atoms with Gasteiger partial charge in [-0.2, -0.15) is 0 Å². The van der Waals surface area contributed by atoms with Crippen molar-refractivity contribution in [3.05, 3.63) is 162 Å². The molecule has 0 fully saturated rings. The molecule has 1 aliphatic rings. The molecule has 0 spiro atoms. The fourth-order valence-corrected chi connectivity index (χ4v) is 6.78. The summed E-state index contributed by atoms with van der Waals surface area (Å²) in [6.45, 7) is 2.15. The summed E-state index contributed by atoms with van der Waals surface area (Å²) in [4.78, 5) is 4.31. The smallest absolute Gasteiger partial charge is 0.0346 e. The van der Waals surface area contributed by atoms with Crippen molar-refractivity contribution in [2.24, 2.45) is 0 Å². The van der Waals surface area contributed by atoms with E-state index in [9.17, 15) is 0 Å². The average molecular weight is 550 g/mol. The highest BCUT2D eigenvalue weighted by Gasteiger charge is 2.19. The second kappa shape index (κ2) is 10.5. The van der Waals surface area contributed by atoms with E-state index in [2.05, 4.69) is 139 Å². The zero-order valence-electron chi connectivity index (χ0n) is 24.2. The van der Waals surface area contributed by atoms with E-state index >= 15 is 0 Å². The van der Waals surface area contributed by atoms with Crippen LogP contribution in [-0.2, 0) is 6.42 Å². The van der Waals surface area contributed by atoms with E-state index in [1.54, 1.807) is 0 Å². The van der Waals surface area contributed by atoms with Crippen molar-refractivity contribution in [1.29, 1.82) is 0 Å². The van der Waals surface area contributed by atoms with E-state index in [0.29, 0.717) is 0 Å². The van der Waals surface area contributed by atoms with Crippen LogP contribution in [0, 0.1) is 6.92 Å². The Morgan fingerprint density at radius 3 is 1.79 bits per heavy atom. The largest absolute Gasteiger partial charge is 0.264 e. The molecule has 1 aliphatic carbocycles. The van der Waals surface area contributed by atoms with Crippen molar-refractivity contribution >= 4 is 33.2 Å². The van der Waals surface area contributed by atoms with Crippen molar-refractivity contribution in [1.82, 2.24) is 4.98 Å². The second-order valence-electron chi connectivity index (χ2n) is 11.6. The molecule has 0 atom stereocenters. The van der Waals surface area contributed by atoms with Gasteiger partial charge in [0.2, 0.25) is 0 Å². The highest BCUT2D eigenvalue weighted by atomic mass is 14.6. The number of fused-ring (bicyclic) bond motifs is 3. The summed E-state index contributed by atoms with van der Waals surface area (Å²) in [5.74, 6) is 0. The van der Waals surface area contributed by atoms with Crippen molar-refractivity contribution in [3.63, 3.8) is 0 Å². The monoisotopic (exact) mass is 549 g/mol. The summed E-state index contributed by atoms with van der Waals surface area (Å²) >= 11 is 0. The van der Waals surface area contributed by atoms with E-state index in [0.717, 1.165) is 18.4 Å². The van der Waals surface area contributed by atoms with Crippen LogP contribution in [0.1, 0.15) is 28.7 Å². The molecular formula is C42H31N. The summed E-state index contributed by atoms with van der Waals surface area (Å²) < 4.78 is 0. The number of benzene rings is 6. The minimum absolute atomic E-state index is 1.03. The molecule has 0 saturated heterocycles. The Morgan fingerprint density at radius 1 is 0.488 bits per heavy atom. The first-order valence-corrected chi connectivity index (χ1v) is 15.1. The maximum absolute atomic E-state index is 4.31. The van der Waals surface area contributed by atoms with Crippen molar-refractivity contribution in [2.75, 3.05) is 0 Å². The molecule has 1 heterocycles. The Balaban J connectivity index is 1.25. The minimum atomic E-state index is 1.03. The standard InChI is InChI=1S/C42H31N/c1-28-15-17-29(18-16-28)41-37-11-2-4-13-39(37)42(40-14-5-3-12-38(40)41)35-22-21-33-25-32(19-20-34(33)26-35)30-8-6-9-31(24-30)36-10-7-23-43-27-36/h2-18,21-27H,19-20H2,1H3. The number of hydrogen-bond donors (Lipinski definition) is 0. The Morgan fingerprint density at radius 2 is 1.12 bits per heavy atom. The topological polar surface area (TPSA) is 12.9 Å². The number of rotatable bonds is 4. The lowest BCUT2D eigenvalue weighted by Crippen LogP contribution is -2.00. The number of aryl methyl sites for hydroxylation is 2. The number of hydrogen-bond acceptors (Lipinski definition) is 1. The number of nitrogens with zero attached hydrogens (tertiary/aromatic N) is 1. The summed E-state index contributed by atoms with van der Waals surface area (Å²) in [5.41, 5.74) is 14.3. The molecule has 1 heteroatoms. The van der Waals surface area contributed by atoms with Gasteiger partial charge in [-0.25, -0.2) is 0 Å². The van der Waals surface area contributed by atoms with Crippen molar-refractivity contribution in [3.8, 4) is 33.4 Å². The molecule has 0 unspecified atom stereocenters. The average Bonchev–Trinajstić information content (AvgIpc) is 3.07. The first-order valence-electron chi connectivity index (χ1n) is 15.1. The number of pyridine rings is 1. The van der Waals surface area contributed by atoms with Crippen LogP contribution in [0.15, 0.2) is 140 Å². The van der Waals surface area contributed by atoms with Crippen molar-refractivity contribution in [2.45, 2.75) is 19.8 Å². The number of allylic oxidation sites excluding steroid dienone is 1. The third-order valence-corrected chi connectivity index (χ3v) is 8.93. The Labute approximate surface area is 252 Å². The zero-order valence-corrected chi connectivity index (χ0v) is 24.2. The van der Waals surface area contributed by atoms with Gasteiger partial charge >= 0.3 is 0 Å². The number of aromatic nitrogens is 1. The molecule has 1 aromatic heterocycles. The van der Waals surface area contributed by atoms with Crippen LogP contribution in [0.3, 0.4) is 0 Å². The first-order chi connectivity index (χ1) is 21.2. The van der Waals surface area contributed by atoms with Gasteiger partial charge in [0.15, 0.2) is 0 Å². The molecule has 6 aromatic carbocycles. The van der Waals surface area contributed by atoms with E-state index < -0.39 is 0 Å². The predicted octanol–water partition coefficient (Wildman–Crippen LogP) is 11.2. The van der Waals surface area contributed by atoms with Crippen LogP contribution in [0.5, 0.6) is 0 Å². The molecule has 1 nitrogen and oxygen atoms in total. The molecule has 8 rings (SSSR count). The van der Waals surface area contributed by atoms with Crippen LogP contribution in [-0.4, -0.2) is 4.98 Å². The van der Waals surface area contributed by atoms with Gasteiger partial charge in [0.05, 0.1) is 0 Å². The summed E-state index contributed by atoms with van der Waals surface area (Å²) in [6.07, 6.45) is 8.21. The van der Waals surface area contributed by atoms with Gasteiger partial charge in [-0.05, 0) is 104 Å². The summed E-state index contributed by atoms with van der Waals surface area (Å²) in [7, 11) is 0. The van der Waals surface area contributed by atoms with Gasteiger partial charge < -0.3 is 0 Å². The Bertz CT molecular complexity index is 2110. The molecule has 0 bridgehead atoms. The van der Waals surface area contributed by atoms with Crippen molar-refractivity contribution < 1.29 is 0 Å². The predicted molar refractivity (Wildman–Crippen MR) is 183 cm³/mol. The maximum Gasteiger partial charge on any atom is 0.0346 e. The minimum Gasteiger partial charge on any atom is -0.264 e. The fourth-order valence-electron chi connectivity index (χ4n) is 6.78. The molecule has 43 heavy (non-hydrogen) atoms. The third kappa shape index (κ3) is 4.54. The highest BCUT2D eigenvalue weighted by Crippen LogP contribution is 2.44. The fraction of sp³-hybridized carbons (Fsp3) is 0.0714. The highest BCUT2D eigenvalue weighted by molar-refractivity contribution is 6.21. The van der Waals surface area contributed by atoms with Crippen LogP contribution < -0.4 is 0 Å². The molecular weight excluding hydrogens is 518 g/mol. The van der Waals surface area contributed by atoms with Crippen LogP contribution in [0.25, 0.3) is 66.6 Å². The molecule has 0 radical (unpaired) electrons. The van der Waals surface area contributed by atoms with Gasteiger partial charge in [-0.15, -0.1) is 0 Å². The Hall–Kier alpha value is -5.27. The molecule has 0 aliphatic heterocycles. The lowest BCUT2D eigenvalue weighted by molar-refractivity contribution is 1.00. The maximum atomic E-state index is 4.31. The second-order valence-corrected chi connectivity index (χ2v) is 11.6. The van der Waals surface area contributed by atoms with E-state index in [1.165, 1.54) is 77.2 Å². The van der Waals surface area contributed by atoms with Gasteiger partial charge in [-0.3, -0.25) is 4.98 Å². The van der Waals surface area contributed by atoms with E-state index in [-0.39, 0.29) is 0 Å². The SMILES string of the molecule is Cc1ccc(-c2c3ccccc3c(-c3ccc4c(c3)CCC(c3cccc(-c5cccnc5)c3)=C4)c3ccccc23)cc1. The van der Waals surface area contributed by atoms with Gasteiger partial charge in [0.25, 0.3) is 0 Å². The van der Waals surface area contributed by atoms with Gasteiger partial charge in [-0.1, -0.05) is 127 Å². The van der Waals surface area contributed by atoms with Gasteiger partial charge in [0, 0.05) is 18.0 Å². The third-order valence-electron chi connectivity index (χ3n) is 8.93. The summed E-state index contributed by atoms with van der Waals surface area (Å²) in [6, 6.07) is 46.9. The molecule has 0 saturated carbocycles. The lowest BCUT2D eigenvalue weighted by Gasteiger charge is -2.21.